The molecular weight excluding hydrogens is 412 g/mol. The van der Waals surface area contributed by atoms with Crippen LogP contribution in [0.25, 0.3) is 0 Å². The summed E-state index contributed by atoms with van der Waals surface area (Å²) < 4.78 is 12.3. The van der Waals surface area contributed by atoms with Gasteiger partial charge in [0.1, 0.15) is 0 Å². The average molecular weight is 457 g/mol. The summed E-state index contributed by atoms with van der Waals surface area (Å²) in [5, 5.41) is 0. The molecule has 0 rings (SSSR count). The number of carbonyl (C=O) groups excluding carboxylic acids is 2. The molecule has 0 radical (unpaired) electrons. The maximum absolute atomic E-state index is 12.3. The first-order valence-corrected chi connectivity index (χ1v) is 16.1. The molecular formula is C22H44N2O4Si2. The third kappa shape index (κ3) is 10.2. The first-order chi connectivity index (χ1) is 14.4. The molecule has 0 aliphatic heterocycles. The highest BCUT2D eigenvalue weighted by Crippen LogP contribution is 2.21. The van der Waals surface area contributed by atoms with Crippen LogP contribution in [0.3, 0.4) is 0 Å². The second-order valence-electron chi connectivity index (χ2n) is 7.46. The smallest absolute Gasteiger partial charge is 0.246 e. The standard InChI is InChI=1S/C22H44N2O4Si2/c1-8-21(25)23(17-19-27-29(10-3)11-4)15-16-24(22(26)9-2)18-20-28-30(12-5,13-6)14-7/h8-9,29H,1-2,10-20H2,3-7H3. The second kappa shape index (κ2) is 16.5. The molecule has 0 bridgehead atoms. The quantitative estimate of drug-likeness (QED) is 0.232. The molecule has 0 heterocycles. The van der Waals surface area contributed by atoms with Crippen LogP contribution in [-0.2, 0) is 18.4 Å². The van der Waals surface area contributed by atoms with Crippen molar-refractivity contribution >= 4 is 29.2 Å². The van der Waals surface area contributed by atoms with Gasteiger partial charge in [0.25, 0.3) is 0 Å². The Hall–Kier alpha value is -1.23. The van der Waals surface area contributed by atoms with Crippen molar-refractivity contribution in [3.63, 3.8) is 0 Å². The molecule has 0 atom stereocenters. The highest BCUT2D eigenvalue weighted by atomic mass is 28.4. The van der Waals surface area contributed by atoms with Crippen LogP contribution >= 0.6 is 0 Å². The van der Waals surface area contributed by atoms with Gasteiger partial charge in [-0.2, -0.15) is 0 Å². The normalized spacial score (nSPS) is 11.4. The molecule has 0 aromatic heterocycles. The van der Waals surface area contributed by atoms with E-state index in [-0.39, 0.29) is 11.8 Å². The Morgan fingerprint density at radius 3 is 1.60 bits per heavy atom. The molecule has 8 heteroatoms. The van der Waals surface area contributed by atoms with Gasteiger partial charge in [0.2, 0.25) is 11.8 Å². The molecule has 6 nitrogen and oxygen atoms in total. The lowest BCUT2D eigenvalue weighted by atomic mass is 10.3. The lowest BCUT2D eigenvalue weighted by molar-refractivity contribution is -0.130. The first-order valence-electron chi connectivity index (χ1n) is 11.4. The van der Waals surface area contributed by atoms with Crippen molar-refractivity contribution in [2.24, 2.45) is 0 Å². The first kappa shape index (κ1) is 28.8. The van der Waals surface area contributed by atoms with Crippen LogP contribution in [0.2, 0.25) is 30.2 Å². The fourth-order valence-electron chi connectivity index (χ4n) is 3.45. The van der Waals surface area contributed by atoms with Crippen molar-refractivity contribution in [2.75, 3.05) is 39.4 Å². The van der Waals surface area contributed by atoms with E-state index in [0.29, 0.717) is 39.4 Å². The maximum Gasteiger partial charge on any atom is 0.246 e. The van der Waals surface area contributed by atoms with Gasteiger partial charge in [0.05, 0.1) is 13.2 Å². The van der Waals surface area contributed by atoms with Crippen LogP contribution in [0, 0.1) is 0 Å². The van der Waals surface area contributed by atoms with Crippen molar-refractivity contribution < 1.29 is 18.4 Å². The molecule has 2 amide bonds. The van der Waals surface area contributed by atoms with Gasteiger partial charge in [0, 0.05) is 26.2 Å². The molecule has 0 saturated carbocycles. The fraction of sp³-hybridized carbons (Fsp3) is 0.727. The van der Waals surface area contributed by atoms with E-state index in [1.807, 2.05) is 0 Å². The lowest BCUT2D eigenvalue weighted by Gasteiger charge is -2.31. The molecule has 174 valence electrons. The molecule has 0 spiro atoms. The predicted octanol–water partition coefficient (Wildman–Crippen LogP) is 3.82. The minimum atomic E-state index is -1.69. The summed E-state index contributed by atoms with van der Waals surface area (Å²) in [5.74, 6) is -0.275. The monoisotopic (exact) mass is 456 g/mol. The summed E-state index contributed by atoms with van der Waals surface area (Å²) >= 11 is 0. The zero-order chi connectivity index (χ0) is 23.0. The van der Waals surface area contributed by atoms with Crippen LogP contribution in [0.1, 0.15) is 34.6 Å². The Labute approximate surface area is 187 Å². The summed E-state index contributed by atoms with van der Waals surface area (Å²) in [5.41, 5.74) is 0. The third-order valence-corrected chi connectivity index (χ3v) is 13.2. The second-order valence-corrected chi connectivity index (χ2v) is 15.4. The van der Waals surface area contributed by atoms with E-state index in [0.717, 1.165) is 30.2 Å². The van der Waals surface area contributed by atoms with E-state index in [2.05, 4.69) is 47.8 Å². The van der Waals surface area contributed by atoms with Crippen molar-refractivity contribution in [3.05, 3.63) is 25.3 Å². The van der Waals surface area contributed by atoms with Crippen LogP contribution in [0.5, 0.6) is 0 Å². The lowest BCUT2D eigenvalue weighted by Crippen LogP contribution is -2.44. The average Bonchev–Trinajstić information content (AvgIpc) is 2.79. The van der Waals surface area contributed by atoms with E-state index < -0.39 is 17.4 Å². The maximum atomic E-state index is 12.3. The minimum Gasteiger partial charge on any atom is -0.418 e. The topological polar surface area (TPSA) is 59.1 Å². The van der Waals surface area contributed by atoms with E-state index in [4.69, 9.17) is 8.85 Å². The van der Waals surface area contributed by atoms with Crippen molar-refractivity contribution in [1.82, 2.24) is 9.80 Å². The van der Waals surface area contributed by atoms with Gasteiger partial charge in [-0.3, -0.25) is 9.59 Å². The molecule has 0 unspecified atom stereocenters. The Morgan fingerprint density at radius 1 is 0.800 bits per heavy atom. The number of hydrogen-bond donors (Lipinski definition) is 0. The van der Waals surface area contributed by atoms with Gasteiger partial charge >= 0.3 is 0 Å². The van der Waals surface area contributed by atoms with Crippen LogP contribution in [0.15, 0.2) is 25.3 Å². The summed E-state index contributed by atoms with van der Waals surface area (Å²) in [6, 6.07) is 5.42. The van der Waals surface area contributed by atoms with Crippen LogP contribution in [-0.4, -0.2) is 78.4 Å². The molecule has 0 N–H and O–H groups in total. The zero-order valence-electron chi connectivity index (χ0n) is 20.0. The Bertz CT molecular complexity index is 515. The molecule has 30 heavy (non-hydrogen) atoms. The van der Waals surface area contributed by atoms with E-state index in [1.54, 1.807) is 9.80 Å². The molecule has 0 fully saturated rings. The molecule has 0 aliphatic rings. The van der Waals surface area contributed by atoms with Crippen LogP contribution in [0.4, 0.5) is 0 Å². The van der Waals surface area contributed by atoms with Gasteiger partial charge in [-0.15, -0.1) is 0 Å². The third-order valence-electron chi connectivity index (χ3n) is 5.94. The van der Waals surface area contributed by atoms with Gasteiger partial charge in [-0.05, 0) is 42.4 Å². The summed E-state index contributed by atoms with van der Waals surface area (Å²) in [6.07, 6.45) is 2.65. The fourth-order valence-corrected chi connectivity index (χ4v) is 7.57. The van der Waals surface area contributed by atoms with Crippen molar-refractivity contribution in [1.29, 1.82) is 0 Å². The van der Waals surface area contributed by atoms with E-state index in [9.17, 15) is 9.59 Å². The Balaban J connectivity index is 4.86. The molecule has 0 aromatic rings. The van der Waals surface area contributed by atoms with E-state index in [1.165, 1.54) is 12.2 Å². The zero-order valence-corrected chi connectivity index (χ0v) is 22.1. The van der Waals surface area contributed by atoms with Gasteiger partial charge < -0.3 is 18.7 Å². The van der Waals surface area contributed by atoms with E-state index >= 15 is 0 Å². The number of hydrogen-bond acceptors (Lipinski definition) is 4. The van der Waals surface area contributed by atoms with Gasteiger partial charge in [-0.1, -0.05) is 47.8 Å². The summed E-state index contributed by atoms with van der Waals surface area (Å²) in [4.78, 5) is 28.0. The predicted molar refractivity (Wildman–Crippen MR) is 131 cm³/mol. The Morgan fingerprint density at radius 2 is 1.23 bits per heavy atom. The number of carbonyl (C=O) groups is 2. The number of nitrogens with zero attached hydrogens (tertiary/aromatic N) is 2. The Kier molecular flexibility index (Phi) is 15.8. The van der Waals surface area contributed by atoms with Gasteiger partial charge in [0.15, 0.2) is 17.4 Å². The van der Waals surface area contributed by atoms with Gasteiger partial charge in [-0.25, -0.2) is 0 Å². The summed E-state index contributed by atoms with van der Waals surface area (Å²) in [6.45, 7) is 21.1. The number of rotatable bonds is 18. The minimum absolute atomic E-state index is 0.137. The largest absolute Gasteiger partial charge is 0.418 e. The highest BCUT2D eigenvalue weighted by molar-refractivity contribution is 6.73. The molecule has 0 aromatic carbocycles. The SMILES string of the molecule is C=CC(=O)N(CCO[SiH](CC)CC)CCN(CCO[Si](CC)(CC)CC)C(=O)C=C. The molecule has 0 saturated heterocycles. The highest BCUT2D eigenvalue weighted by Gasteiger charge is 2.28. The summed E-state index contributed by atoms with van der Waals surface area (Å²) in [7, 11) is -2.84. The number of amides is 2. The molecule has 0 aliphatic carbocycles. The van der Waals surface area contributed by atoms with Crippen molar-refractivity contribution in [3.8, 4) is 0 Å². The van der Waals surface area contributed by atoms with Crippen LogP contribution < -0.4 is 0 Å². The van der Waals surface area contributed by atoms with Crippen molar-refractivity contribution in [2.45, 2.75) is 64.8 Å².